The highest BCUT2D eigenvalue weighted by Gasteiger charge is 2.15. The maximum atomic E-state index is 5.96. The molecule has 1 rings (SSSR count). The highest BCUT2D eigenvalue weighted by atomic mass is 16.5. The molecule has 1 aromatic carbocycles. The maximum absolute atomic E-state index is 5.96. The lowest BCUT2D eigenvalue weighted by Gasteiger charge is -2.24. The molecule has 0 spiro atoms. The minimum Gasteiger partial charge on any atom is -0.376 e. The molecule has 0 aliphatic heterocycles. The van der Waals surface area contributed by atoms with Crippen LogP contribution in [-0.4, -0.2) is 12.2 Å². The number of hydrogen-bond acceptors (Lipinski definition) is 1. The summed E-state index contributed by atoms with van der Waals surface area (Å²) in [4.78, 5) is 0. The van der Waals surface area contributed by atoms with Crippen LogP contribution in [0.3, 0.4) is 0 Å². The summed E-state index contributed by atoms with van der Waals surface area (Å²) in [6.07, 6.45) is 4.96. The highest BCUT2D eigenvalue weighted by molar-refractivity contribution is 5.15. The van der Waals surface area contributed by atoms with Gasteiger partial charge in [-0.05, 0) is 45.1 Å². The molecule has 0 radical (unpaired) electrons. The van der Waals surface area contributed by atoms with Gasteiger partial charge in [-0.2, -0.15) is 0 Å². The van der Waals surface area contributed by atoms with Gasteiger partial charge in [-0.15, -0.1) is 0 Å². The van der Waals surface area contributed by atoms with E-state index in [2.05, 4.69) is 58.0 Å². The Morgan fingerprint density at radius 1 is 1.11 bits per heavy atom. The van der Waals surface area contributed by atoms with Gasteiger partial charge in [0.2, 0.25) is 0 Å². The normalized spacial score (nSPS) is 13.6. The second-order valence-electron chi connectivity index (χ2n) is 6.12. The molecule has 0 aliphatic carbocycles. The van der Waals surface area contributed by atoms with Gasteiger partial charge in [-0.25, -0.2) is 0 Å². The van der Waals surface area contributed by atoms with Gasteiger partial charge >= 0.3 is 0 Å². The second kappa shape index (κ2) is 7.58. The minimum atomic E-state index is -0.0266. The lowest BCUT2D eigenvalue weighted by atomic mass is 9.94. The van der Waals surface area contributed by atoms with Crippen LogP contribution in [0.4, 0.5) is 0 Å². The average molecular weight is 248 g/mol. The number of hydrogen-bond donors (Lipinski definition) is 0. The van der Waals surface area contributed by atoms with E-state index in [1.54, 1.807) is 0 Å². The molecular weight excluding hydrogens is 220 g/mol. The number of ether oxygens (including phenoxy) is 1. The third kappa shape index (κ3) is 6.80. The van der Waals surface area contributed by atoms with Crippen molar-refractivity contribution in [1.29, 1.82) is 0 Å². The molecular formula is C17H28O. The molecule has 0 unspecified atom stereocenters. The Bertz CT molecular complexity index is 310. The average Bonchev–Trinajstić information content (AvgIpc) is 2.33. The van der Waals surface area contributed by atoms with Crippen molar-refractivity contribution in [2.75, 3.05) is 6.61 Å². The summed E-state index contributed by atoms with van der Waals surface area (Å²) < 4.78 is 5.96. The molecule has 0 saturated heterocycles. The van der Waals surface area contributed by atoms with Crippen LogP contribution in [0.25, 0.3) is 0 Å². The lowest BCUT2D eigenvalue weighted by molar-refractivity contribution is -0.0237. The van der Waals surface area contributed by atoms with Crippen LogP contribution in [-0.2, 0) is 11.2 Å². The van der Waals surface area contributed by atoms with Crippen LogP contribution < -0.4 is 0 Å². The second-order valence-corrected chi connectivity index (χ2v) is 6.12. The van der Waals surface area contributed by atoms with Crippen molar-refractivity contribution in [3.8, 4) is 0 Å². The van der Waals surface area contributed by atoms with E-state index in [1.165, 1.54) is 24.8 Å². The maximum Gasteiger partial charge on any atom is 0.0598 e. The Kier molecular flexibility index (Phi) is 6.42. The zero-order chi connectivity index (χ0) is 13.4. The van der Waals surface area contributed by atoms with E-state index < -0.39 is 0 Å². The van der Waals surface area contributed by atoms with Gasteiger partial charge in [0.25, 0.3) is 0 Å². The molecule has 0 aliphatic rings. The van der Waals surface area contributed by atoms with E-state index >= 15 is 0 Å². The zero-order valence-electron chi connectivity index (χ0n) is 12.4. The summed E-state index contributed by atoms with van der Waals surface area (Å²) in [6, 6.07) is 10.8. The molecule has 18 heavy (non-hydrogen) atoms. The first kappa shape index (κ1) is 15.2. The van der Waals surface area contributed by atoms with E-state index in [1.807, 2.05) is 0 Å². The zero-order valence-corrected chi connectivity index (χ0v) is 12.4. The van der Waals surface area contributed by atoms with Crippen molar-refractivity contribution in [3.63, 3.8) is 0 Å². The van der Waals surface area contributed by atoms with Gasteiger partial charge in [0.1, 0.15) is 0 Å². The molecule has 0 fully saturated rings. The van der Waals surface area contributed by atoms with E-state index in [-0.39, 0.29) is 5.60 Å². The van der Waals surface area contributed by atoms with Crippen molar-refractivity contribution in [3.05, 3.63) is 35.9 Å². The first-order valence-corrected chi connectivity index (χ1v) is 7.19. The minimum absolute atomic E-state index is 0.0266. The molecule has 0 aromatic heterocycles. The molecule has 1 heteroatoms. The monoisotopic (exact) mass is 248 g/mol. The molecule has 1 nitrogen and oxygen atoms in total. The smallest absolute Gasteiger partial charge is 0.0598 e. The van der Waals surface area contributed by atoms with Crippen LogP contribution in [0.15, 0.2) is 30.3 Å². The molecule has 1 atom stereocenters. The summed E-state index contributed by atoms with van der Waals surface area (Å²) in [5.74, 6) is 0.645. The first-order valence-electron chi connectivity index (χ1n) is 7.19. The summed E-state index contributed by atoms with van der Waals surface area (Å²) >= 11 is 0. The van der Waals surface area contributed by atoms with E-state index in [0.29, 0.717) is 5.92 Å². The van der Waals surface area contributed by atoms with Crippen LogP contribution in [0.5, 0.6) is 0 Å². The Hall–Kier alpha value is -0.820. The molecule has 102 valence electrons. The van der Waals surface area contributed by atoms with E-state index in [4.69, 9.17) is 4.74 Å². The molecule has 0 saturated carbocycles. The largest absolute Gasteiger partial charge is 0.376 e. The number of unbranched alkanes of at least 4 members (excludes halogenated alkanes) is 1. The van der Waals surface area contributed by atoms with E-state index in [0.717, 1.165) is 13.0 Å². The quantitative estimate of drug-likeness (QED) is 0.670. The first-order chi connectivity index (χ1) is 8.51. The molecule has 0 amide bonds. The fourth-order valence-corrected chi connectivity index (χ4v) is 2.05. The summed E-state index contributed by atoms with van der Waals surface area (Å²) in [5, 5.41) is 0. The summed E-state index contributed by atoms with van der Waals surface area (Å²) in [5.41, 5.74) is 1.40. The van der Waals surface area contributed by atoms with Gasteiger partial charge in [0, 0.05) is 0 Å². The Morgan fingerprint density at radius 3 is 2.33 bits per heavy atom. The predicted molar refractivity (Wildman–Crippen MR) is 78.9 cm³/mol. The van der Waals surface area contributed by atoms with Gasteiger partial charge in [-0.3, -0.25) is 0 Å². The SMILES string of the molecule is CCCC[C@H](COC(C)(C)C)Cc1ccccc1. The Balaban J connectivity index is 2.50. The molecule has 0 bridgehead atoms. The third-order valence-electron chi connectivity index (χ3n) is 3.09. The van der Waals surface area contributed by atoms with Gasteiger partial charge in [0.05, 0.1) is 12.2 Å². The van der Waals surface area contributed by atoms with Crippen LogP contribution >= 0.6 is 0 Å². The number of rotatable bonds is 7. The van der Waals surface area contributed by atoms with Gasteiger partial charge < -0.3 is 4.74 Å². The van der Waals surface area contributed by atoms with Crippen molar-refractivity contribution in [1.82, 2.24) is 0 Å². The van der Waals surface area contributed by atoms with Gasteiger partial charge in [-0.1, -0.05) is 50.1 Å². The Morgan fingerprint density at radius 2 is 1.78 bits per heavy atom. The van der Waals surface area contributed by atoms with Crippen molar-refractivity contribution >= 4 is 0 Å². The third-order valence-corrected chi connectivity index (χ3v) is 3.09. The standard InChI is InChI=1S/C17H28O/c1-5-6-10-16(14-18-17(2,3)4)13-15-11-8-7-9-12-15/h7-9,11-12,16H,5-6,10,13-14H2,1-4H3/t16-/m0/s1. The van der Waals surface area contributed by atoms with Gasteiger partial charge in [0.15, 0.2) is 0 Å². The fraction of sp³-hybridized carbons (Fsp3) is 0.647. The molecule has 0 heterocycles. The van der Waals surface area contributed by atoms with Crippen LogP contribution in [0.1, 0.15) is 52.5 Å². The highest BCUT2D eigenvalue weighted by Crippen LogP contribution is 2.18. The van der Waals surface area contributed by atoms with Crippen molar-refractivity contribution in [2.24, 2.45) is 5.92 Å². The fourth-order valence-electron chi connectivity index (χ4n) is 2.05. The number of benzene rings is 1. The summed E-state index contributed by atoms with van der Waals surface area (Å²) in [7, 11) is 0. The predicted octanol–water partition coefficient (Wildman–Crippen LogP) is 4.85. The van der Waals surface area contributed by atoms with Crippen LogP contribution in [0, 0.1) is 5.92 Å². The van der Waals surface area contributed by atoms with E-state index in [9.17, 15) is 0 Å². The summed E-state index contributed by atoms with van der Waals surface area (Å²) in [6.45, 7) is 9.52. The van der Waals surface area contributed by atoms with Crippen molar-refractivity contribution < 1.29 is 4.74 Å². The molecule has 1 aromatic rings. The lowest BCUT2D eigenvalue weighted by Crippen LogP contribution is -2.24. The topological polar surface area (TPSA) is 9.23 Å². The van der Waals surface area contributed by atoms with Crippen molar-refractivity contribution in [2.45, 2.75) is 59.0 Å². The Labute approximate surface area is 113 Å². The molecule has 0 N–H and O–H groups in total. The van der Waals surface area contributed by atoms with Crippen LogP contribution in [0.2, 0.25) is 0 Å².